The summed E-state index contributed by atoms with van der Waals surface area (Å²) < 4.78 is 0. The van der Waals surface area contributed by atoms with Crippen molar-refractivity contribution in [3.05, 3.63) is 23.9 Å². The molecule has 1 unspecified atom stereocenters. The molecule has 0 radical (unpaired) electrons. The van der Waals surface area contributed by atoms with Gasteiger partial charge in [0, 0.05) is 30.9 Å². The number of rotatable bonds is 3. The molecule has 0 saturated carbocycles. The van der Waals surface area contributed by atoms with Crippen molar-refractivity contribution in [1.29, 1.82) is 0 Å². The Balaban J connectivity index is 2.25. The first kappa shape index (κ1) is 10.9. The molecule has 86 valence electrons. The normalized spacial score (nSPS) is 17.8. The Bertz CT molecular complexity index is 393. The fourth-order valence-electron chi connectivity index (χ4n) is 2.10. The molecule has 2 rings (SSSR count). The molecule has 1 aliphatic heterocycles. The van der Waals surface area contributed by atoms with E-state index >= 15 is 0 Å². The van der Waals surface area contributed by atoms with Gasteiger partial charge in [0.05, 0.1) is 0 Å². The standard InChI is InChI=1S/C11H17N5/c1-2-9(16-5-3-4-6-16)8-7-14-11(13)15-10(8)12/h3-4,7,9H,2,5-6H2,1H3,(H4,12,13,14,15). The number of hydrogen-bond acceptors (Lipinski definition) is 5. The van der Waals surface area contributed by atoms with Gasteiger partial charge in [-0.05, 0) is 6.42 Å². The van der Waals surface area contributed by atoms with E-state index in [0.29, 0.717) is 5.82 Å². The molecule has 1 atom stereocenters. The lowest BCUT2D eigenvalue weighted by molar-refractivity contribution is 0.249. The predicted molar refractivity (Wildman–Crippen MR) is 64.6 cm³/mol. The molecule has 5 heteroatoms. The van der Waals surface area contributed by atoms with Crippen molar-refractivity contribution < 1.29 is 0 Å². The highest BCUT2D eigenvalue weighted by Crippen LogP contribution is 2.28. The lowest BCUT2D eigenvalue weighted by atomic mass is 10.1. The highest BCUT2D eigenvalue weighted by molar-refractivity contribution is 5.43. The molecule has 16 heavy (non-hydrogen) atoms. The van der Waals surface area contributed by atoms with Gasteiger partial charge in [-0.25, -0.2) is 4.98 Å². The Morgan fingerprint density at radius 3 is 2.62 bits per heavy atom. The number of nitrogen functional groups attached to an aromatic ring is 2. The fraction of sp³-hybridized carbons (Fsp3) is 0.455. The third kappa shape index (κ3) is 1.99. The van der Waals surface area contributed by atoms with E-state index in [4.69, 9.17) is 11.5 Å². The first-order chi connectivity index (χ1) is 7.72. The number of anilines is 2. The molecule has 5 nitrogen and oxygen atoms in total. The second-order valence-corrected chi connectivity index (χ2v) is 3.92. The van der Waals surface area contributed by atoms with Crippen LogP contribution in [0.3, 0.4) is 0 Å². The van der Waals surface area contributed by atoms with Gasteiger partial charge in [0.1, 0.15) is 5.82 Å². The van der Waals surface area contributed by atoms with Crippen molar-refractivity contribution in [2.75, 3.05) is 24.6 Å². The number of hydrogen-bond donors (Lipinski definition) is 2. The minimum atomic E-state index is 0.232. The zero-order chi connectivity index (χ0) is 11.5. The van der Waals surface area contributed by atoms with Crippen LogP contribution >= 0.6 is 0 Å². The summed E-state index contributed by atoms with van der Waals surface area (Å²) in [4.78, 5) is 10.4. The molecule has 2 heterocycles. The largest absolute Gasteiger partial charge is 0.383 e. The molecular formula is C11H17N5. The molecule has 1 aromatic rings. The monoisotopic (exact) mass is 219 g/mol. The molecule has 0 fully saturated rings. The summed E-state index contributed by atoms with van der Waals surface area (Å²) in [5.41, 5.74) is 12.4. The quantitative estimate of drug-likeness (QED) is 0.740. The van der Waals surface area contributed by atoms with Crippen molar-refractivity contribution in [2.24, 2.45) is 0 Å². The van der Waals surface area contributed by atoms with Gasteiger partial charge in [0.2, 0.25) is 5.95 Å². The second-order valence-electron chi connectivity index (χ2n) is 3.92. The van der Waals surface area contributed by atoms with Crippen LogP contribution in [0, 0.1) is 0 Å². The van der Waals surface area contributed by atoms with Crippen LogP contribution in [0.15, 0.2) is 18.3 Å². The van der Waals surface area contributed by atoms with E-state index in [-0.39, 0.29) is 12.0 Å². The van der Waals surface area contributed by atoms with Crippen molar-refractivity contribution >= 4 is 11.8 Å². The Morgan fingerprint density at radius 2 is 2.06 bits per heavy atom. The summed E-state index contributed by atoms with van der Waals surface area (Å²) in [5.74, 6) is 0.724. The number of nitrogens with zero attached hydrogens (tertiary/aromatic N) is 3. The second kappa shape index (κ2) is 4.49. The van der Waals surface area contributed by atoms with Crippen molar-refractivity contribution in [2.45, 2.75) is 19.4 Å². The third-order valence-electron chi connectivity index (χ3n) is 2.90. The summed E-state index contributed by atoms with van der Waals surface area (Å²) in [6, 6.07) is 0.274. The van der Waals surface area contributed by atoms with Gasteiger partial charge in [0.15, 0.2) is 0 Å². The van der Waals surface area contributed by atoms with E-state index in [2.05, 4.69) is 33.9 Å². The zero-order valence-corrected chi connectivity index (χ0v) is 9.43. The van der Waals surface area contributed by atoms with Crippen LogP contribution in [0.5, 0.6) is 0 Å². The molecule has 1 aliphatic rings. The summed E-state index contributed by atoms with van der Waals surface area (Å²) in [7, 11) is 0. The molecular weight excluding hydrogens is 202 g/mol. The lowest BCUT2D eigenvalue weighted by Gasteiger charge is -2.27. The van der Waals surface area contributed by atoms with Gasteiger partial charge < -0.3 is 11.5 Å². The van der Waals surface area contributed by atoms with Crippen molar-refractivity contribution in [3.63, 3.8) is 0 Å². The molecule has 0 aliphatic carbocycles. The molecule has 0 amide bonds. The van der Waals surface area contributed by atoms with Gasteiger partial charge in [-0.2, -0.15) is 4.98 Å². The van der Waals surface area contributed by atoms with Crippen molar-refractivity contribution in [1.82, 2.24) is 14.9 Å². The molecule has 0 bridgehead atoms. The highest BCUT2D eigenvalue weighted by Gasteiger charge is 2.22. The Labute approximate surface area is 95.2 Å². The van der Waals surface area contributed by atoms with E-state index in [0.717, 1.165) is 25.1 Å². The van der Waals surface area contributed by atoms with E-state index in [1.54, 1.807) is 6.20 Å². The summed E-state index contributed by atoms with van der Waals surface area (Å²) in [6.45, 7) is 4.06. The van der Waals surface area contributed by atoms with Crippen LogP contribution in [-0.4, -0.2) is 28.0 Å². The Morgan fingerprint density at radius 1 is 1.38 bits per heavy atom. The first-order valence-electron chi connectivity index (χ1n) is 5.49. The molecule has 0 aromatic carbocycles. The first-order valence-corrected chi connectivity index (χ1v) is 5.49. The topological polar surface area (TPSA) is 81.1 Å². The molecule has 0 spiro atoms. The van der Waals surface area contributed by atoms with E-state index in [1.165, 1.54) is 0 Å². The lowest BCUT2D eigenvalue weighted by Crippen LogP contribution is -2.27. The van der Waals surface area contributed by atoms with Gasteiger partial charge in [-0.15, -0.1) is 0 Å². The van der Waals surface area contributed by atoms with Crippen LogP contribution in [0.25, 0.3) is 0 Å². The number of aromatic nitrogens is 2. The highest BCUT2D eigenvalue weighted by atomic mass is 15.2. The van der Waals surface area contributed by atoms with E-state index in [9.17, 15) is 0 Å². The predicted octanol–water partition coefficient (Wildman–Crippen LogP) is 0.964. The minimum Gasteiger partial charge on any atom is -0.383 e. The Hall–Kier alpha value is -1.62. The van der Waals surface area contributed by atoms with E-state index in [1.807, 2.05) is 0 Å². The minimum absolute atomic E-state index is 0.232. The maximum absolute atomic E-state index is 5.89. The average molecular weight is 219 g/mol. The van der Waals surface area contributed by atoms with Crippen LogP contribution in [-0.2, 0) is 0 Å². The molecule has 1 aromatic heterocycles. The van der Waals surface area contributed by atoms with Gasteiger partial charge in [0.25, 0.3) is 0 Å². The summed E-state index contributed by atoms with van der Waals surface area (Å²) >= 11 is 0. The smallest absolute Gasteiger partial charge is 0.221 e. The Kier molecular flexibility index (Phi) is 3.05. The SMILES string of the molecule is CCC(c1cnc(N)nc1N)N1CC=CC1. The average Bonchev–Trinajstić information content (AvgIpc) is 2.75. The van der Waals surface area contributed by atoms with Gasteiger partial charge in [-0.1, -0.05) is 19.1 Å². The van der Waals surface area contributed by atoms with Crippen LogP contribution < -0.4 is 11.5 Å². The van der Waals surface area contributed by atoms with Crippen LogP contribution in [0.2, 0.25) is 0 Å². The number of nitrogens with two attached hydrogens (primary N) is 2. The van der Waals surface area contributed by atoms with Gasteiger partial charge >= 0.3 is 0 Å². The maximum atomic E-state index is 5.89. The van der Waals surface area contributed by atoms with Crippen molar-refractivity contribution in [3.8, 4) is 0 Å². The van der Waals surface area contributed by atoms with E-state index < -0.39 is 0 Å². The van der Waals surface area contributed by atoms with Crippen LogP contribution in [0.4, 0.5) is 11.8 Å². The summed E-state index contributed by atoms with van der Waals surface area (Å²) in [6.07, 6.45) is 7.05. The van der Waals surface area contributed by atoms with Crippen LogP contribution in [0.1, 0.15) is 24.9 Å². The third-order valence-corrected chi connectivity index (χ3v) is 2.90. The maximum Gasteiger partial charge on any atom is 0.221 e. The molecule has 4 N–H and O–H groups in total. The fourth-order valence-corrected chi connectivity index (χ4v) is 2.10. The van der Waals surface area contributed by atoms with Gasteiger partial charge in [-0.3, -0.25) is 4.90 Å². The zero-order valence-electron chi connectivity index (χ0n) is 9.43. The summed E-state index contributed by atoms with van der Waals surface area (Å²) in [5, 5.41) is 0. The molecule has 0 saturated heterocycles.